The van der Waals surface area contributed by atoms with Gasteiger partial charge in [-0.3, -0.25) is 4.90 Å². The van der Waals surface area contributed by atoms with Crippen LogP contribution in [0.4, 0.5) is 0 Å². The molecule has 4 rings (SSSR count). The Labute approximate surface area is 142 Å². The maximum absolute atomic E-state index is 4.68. The Morgan fingerprint density at radius 3 is 2.75 bits per heavy atom. The van der Waals surface area contributed by atoms with Crippen molar-refractivity contribution in [2.75, 3.05) is 27.2 Å². The number of hydrogen-bond acceptors (Lipinski definition) is 4. The SMILES string of the molecule is CN(C)C1CCN(Cc2cnc3c(-c4ccccc4)cnn3c2)C1. The molecule has 5 nitrogen and oxygen atoms in total. The molecule has 1 saturated heterocycles. The topological polar surface area (TPSA) is 36.7 Å². The van der Waals surface area contributed by atoms with Gasteiger partial charge in [-0.15, -0.1) is 0 Å². The molecule has 0 N–H and O–H groups in total. The van der Waals surface area contributed by atoms with Crippen LogP contribution in [-0.4, -0.2) is 57.6 Å². The molecular formula is C19H23N5. The van der Waals surface area contributed by atoms with Gasteiger partial charge in [0.15, 0.2) is 5.65 Å². The van der Waals surface area contributed by atoms with Crippen LogP contribution >= 0.6 is 0 Å². The largest absolute Gasteiger partial charge is 0.305 e. The molecule has 0 radical (unpaired) electrons. The third kappa shape index (κ3) is 2.92. The normalized spacial score (nSPS) is 18.7. The minimum absolute atomic E-state index is 0.663. The summed E-state index contributed by atoms with van der Waals surface area (Å²) in [6, 6.07) is 11.0. The number of nitrogens with zero attached hydrogens (tertiary/aromatic N) is 5. The van der Waals surface area contributed by atoms with Crippen molar-refractivity contribution in [1.82, 2.24) is 24.4 Å². The zero-order valence-electron chi connectivity index (χ0n) is 14.3. The summed E-state index contributed by atoms with van der Waals surface area (Å²) in [5.41, 5.74) is 4.36. The molecule has 3 aromatic rings. The van der Waals surface area contributed by atoms with Crippen molar-refractivity contribution in [3.63, 3.8) is 0 Å². The second-order valence-electron chi connectivity index (χ2n) is 6.80. The predicted octanol–water partition coefficient (Wildman–Crippen LogP) is 2.53. The summed E-state index contributed by atoms with van der Waals surface area (Å²) in [5, 5.41) is 4.50. The number of fused-ring (bicyclic) bond motifs is 1. The van der Waals surface area contributed by atoms with E-state index in [1.165, 1.54) is 12.0 Å². The maximum Gasteiger partial charge on any atom is 0.162 e. The van der Waals surface area contributed by atoms with Crippen molar-refractivity contribution in [2.24, 2.45) is 0 Å². The van der Waals surface area contributed by atoms with E-state index in [0.29, 0.717) is 6.04 Å². The molecule has 3 heterocycles. The molecule has 5 heteroatoms. The molecule has 1 unspecified atom stereocenters. The summed E-state index contributed by atoms with van der Waals surface area (Å²) in [4.78, 5) is 9.49. The van der Waals surface area contributed by atoms with E-state index >= 15 is 0 Å². The van der Waals surface area contributed by atoms with Gasteiger partial charge in [0.05, 0.1) is 6.20 Å². The number of rotatable bonds is 4. The minimum atomic E-state index is 0.663. The fourth-order valence-corrected chi connectivity index (χ4v) is 3.45. The highest BCUT2D eigenvalue weighted by Gasteiger charge is 2.24. The van der Waals surface area contributed by atoms with Gasteiger partial charge in [0.2, 0.25) is 0 Å². The van der Waals surface area contributed by atoms with Crippen LogP contribution in [0.2, 0.25) is 0 Å². The van der Waals surface area contributed by atoms with Crippen LogP contribution < -0.4 is 0 Å². The smallest absolute Gasteiger partial charge is 0.162 e. The molecule has 1 aliphatic rings. The molecule has 1 aliphatic heterocycles. The molecule has 0 aliphatic carbocycles. The first-order chi connectivity index (χ1) is 11.7. The van der Waals surface area contributed by atoms with Gasteiger partial charge in [0.1, 0.15) is 0 Å². The van der Waals surface area contributed by atoms with E-state index in [2.05, 4.69) is 52.3 Å². The summed E-state index contributed by atoms with van der Waals surface area (Å²) >= 11 is 0. The molecule has 2 aromatic heterocycles. The summed E-state index contributed by atoms with van der Waals surface area (Å²) in [5.74, 6) is 0. The maximum atomic E-state index is 4.68. The molecule has 24 heavy (non-hydrogen) atoms. The van der Waals surface area contributed by atoms with Crippen LogP contribution in [0, 0.1) is 0 Å². The van der Waals surface area contributed by atoms with Crippen molar-refractivity contribution < 1.29 is 0 Å². The Morgan fingerprint density at radius 2 is 2.00 bits per heavy atom. The Bertz CT molecular complexity index is 824. The van der Waals surface area contributed by atoms with Gasteiger partial charge in [-0.2, -0.15) is 5.10 Å². The summed E-state index contributed by atoms with van der Waals surface area (Å²) in [6.07, 6.45) is 7.24. The Morgan fingerprint density at radius 1 is 1.17 bits per heavy atom. The molecule has 1 aromatic carbocycles. The summed E-state index contributed by atoms with van der Waals surface area (Å²) < 4.78 is 1.90. The van der Waals surface area contributed by atoms with Gasteiger partial charge in [0.25, 0.3) is 0 Å². The lowest BCUT2D eigenvalue weighted by atomic mass is 10.1. The molecule has 0 spiro atoms. The van der Waals surface area contributed by atoms with Crippen molar-refractivity contribution in [2.45, 2.75) is 19.0 Å². The zero-order chi connectivity index (χ0) is 16.5. The van der Waals surface area contributed by atoms with E-state index in [-0.39, 0.29) is 0 Å². The summed E-state index contributed by atoms with van der Waals surface area (Å²) in [6.45, 7) is 3.21. The highest BCUT2D eigenvalue weighted by atomic mass is 15.3. The van der Waals surface area contributed by atoms with Crippen LogP contribution in [0.15, 0.2) is 48.9 Å². The van der Waals surface area contributed by atoms with Crippen LogP contribution in [0.5, 0.6) is 0 Å². The lowest BCUT2D eigenvalue weighted by Gasteiger charge is -2.20. The highest BCUT2D eigenvalue weighted by molar-refractivity contribution is 5.76. The first-order valence-electron chi connectivity index (χ1n) is 8.47. The lowest BCUT2D eigenvalue weighted by Crippen LogP contribution is -2.31. The number of hydrogen-bond donors (Lipinski definition) is 0. The average molecular weight is 321 g/mol. The zero-order valence-corrected chi connectivity index (χ0v) is 14.3. The quantitative estimate of drug-likeness (QED) is 0.740. The molecule has 1 atom stereocenters. The predicted molar refractivity (Wildman–Crippen MR) is 95.8 cm³/mol. The van der Waals surface area contributed by atoms with Gasteiger partial charge in [-0.1, -0.05) is 30.3 Å². The standard InChI is InChI=1S/C19H23N5/c1-22(2)17-8-9-23(14-17)12-15-10-20-19-18(11-21-24(19)13-15)16-6-4-3-5-7-16/h3-7,10-11,13,17H,8-9,12,14H2,1-2H3. The first kappa shape index (κ1) is 15.3. The van der Waals surface area contributed by atoms with Gasteiger partial charge < -0.3 is 4.90 Å². The Kier molecular flexibility index (Phi) is 4.04. The van der Waals surface area contributed by atoms with E-state index in [0.717, 1.165) is 36.4 Å². The van der Waals surface area contributed by atoms with Crippen molar-refractivity contribution in [3.05, 3.63) is 54.5 Å². The Balaban J connectivity index is 1.55. The van der Waals surface area contributed by atoms with Gasteiger partial charge in [-0.05, 0) is 26.1 Å². The van der Waals surface area contributed by atoms with E-state index in [1.54, 1.807) is 0 Å². The van der Waals surface area contributed by atoms with Crippen molar-refractivity contribution in [3.8, 4) is 11.1 Å². The number of likely N-dealkylation sites (N-methyl/N-ethyl adjacent to an activating group) is 1. The monoisotopic (exact) mass is 321 g/mol. The number of benzene rings is 1. The Hall–Kier alpha value is -2.24. The molecular weight excluding hydrogens is 298 g/mol. The van der Waals surface area contributed by atoms with Gasteiger partial charge in [0, 0.05) is 49.2 Å². The number of aromatic nitrogens is 3. The van der Waals surface area contributed by atoms with E-state index in [1.807, 2.05) is 35.1 Å². The van der Waals surface area contributed by atoms with E-state index in [4.69, 9.17) is 0 Å². The van der Waals surface area contributed by atoms with Gasteiger partial charge >= 0.3 is 0 Å². The third-order valence-electron chi connectivity index (χ3n) is 4.88. The lowest BCUT2D eigenvalue weighted by molar-refractivity contribution is 0.264. The minimum Gasteiger partial charge on any atom is -0.305 e. The summed E-state index contributed by atoms with van der Waals surface area (Å²) in [7, 11) is 4.33. The second kappa shape index (κ2) is 6.34. The van der Waals surface area contributed by atoms with Crippen molar-refractivity contribution >= 4 is 5.65 Å². The molecule has 0 amide bonds. The van der Waals surface area contributed by atoms with Gasteiger partial charge in [-0.25, -0.2) is 9.50 Å². The molecule has 0 saturated carbocycles. The van der Waals surface area contributed by atoms with Crippen LogP contribution in [0.25, 0.3) is 16.8 Å². The van der Waals surface area contributed by atoms with Crippen LogP contribution in [0.1, 0.15) is 12.0 Å². The van der Waals surface area contributed by atoms with Crippen molar-refractivity contribution in [1.29, 1.82) is 0 Å². The van der Waals surface area contributed by atoms with E-state index in [9.17, 15) is 0 Å². The fraction of sp³-hybridized carbons (Fsp3) is 0.368. The first-order valence-corrected chi connectivity index (χ1v) is 8.47. The van der Waals surface area contributed by atoms with Crippen LogP contribution in [-0.2, 0) is 6.54 Å². The highest BCUT2D eigenvalue weighted by Crippen LogP contribution is 2.23. The second-order valence-corrected chi connectivity index (χ2v) is 6.80. The third-order valence-corrected chi connectivity index (χ3v) is 4.88. The number of likely N-dealkylation sites (tertiary alicyclic amines) is 1. The molecule has 1 fully saturated rings. The fourth-order valence-electron chi connectivity index (χ4n) is 3.45. The average Bonchev–Trinajstić information content (AvgIpc) is 3.22. The molecule has 124 valence electrons. The van der Waals surface area contributed by atoms with Crippen LogP contribution in [0.3, 0.4) is 0 Å². The van der Waals surface area contributed by atoms with E-state index < -0.39 is 0 Å². The molecule has 0 bridgehead atoms.